The zero-order chi connectivity index (χ0) is 18.1. The Bertz CT molecular complexity index is 851. The van der Waals surface area contributed by atoms with E-state index in [9.17, 15) is 9.59 Å². The maximum atomic E-state index is 12.8. The van der Waals surface area contributed by atoms with Crippen LogP contribution in [-0.4, -0.2) is 23.9 Å². The molecule has 0 saturated heterocycles. The van der Waals surface area contributed by atoms with Crippen LogP contribution < -0.4 is 0 Å². The highest BCUT2D eigenvalue weighted by atomic mass is 35.5. The van der Waals surface area contributed by atoms with Gasteiger partial charge in [-0.3, -0.25) is 4.79 Å². The van der Waals surface area contributed by atoms with Crippen molar-refractivity contribution in [2.45, 2.75) is 25.9 Å². The Balaban J connectivity index is 1.86. The Hall–Kier alpha value is -2.04. The highest BCUT2D eigenvalue weighted by Crippen LogP contribution is 2.35. The van der Waals surface area contributed by atoms with Gasteiger partial charge >= 0.3 is 5.97 Å². The number of hydrogen-bond donors (Lipinski definition) is 0. The van der Waals surface area contributed by atoms with E-state index < -0.39 is 5.97 Å². The average Bonchev–Trinajstić information content (AvgIpc) is 2.95. The van der Waals surface area contributed by atoms with Crippen LogP contribution in [0.5, 0.6) is 0 Å². The lowest BCUT2D eigenvalue weighted by molar-refractivity contribution is -0.132. The molecule has 0 spiro atoms. The molecule has 2 aromatic carbocycles. The van der Waals surface area contributed by atoms with Gasteiger partial charge in [0.15, 0.2) is 0 Å². The zero-order valence-electron chi connectivity index (χ0n) is 13.9. The smallest absolute Gasteiger partial charge is 0.339 e. The first-order chi connectivity index (χ1) is 11.9. The first-order valence-electron chi connectivity index (χ1n) is 7.86. The summed E-state index contributed by atoms with van der Waals surface area (Å²) in [6.45, 7) is 2.56. The second kappa shape index (κ2) is 7.06. The van der Waals surface area contributed by atoms with E-state index in [4.69, 9.17) is 27.9 Å². The number of esters is 1. The third-order valence-corrected chi connectivity index (χ3v) is 5.34. The van der Waals surface area contributed by atoms with Crippen molar-refractivity contribution < 1.29 is 14.3 Å². The Morgan fingerprint density at radius 1 is 1.20 bits per heavy atom. The van der Waals surface area contributed by atoms with Crippen molar-refractivity contribution in [3.05, 3.63) is 68.7 Å². The van der Waals surface area contributed by atoms with Crippen LogP contribution in [0, 0.1) is 0 Å². The lowest BCUT2D eigenvalue weighted by Gasteiger charge is -2.22. The molecule has 0 fully saturated rings. The number of benzene rings is 2. The van der Waals surface area contributed by atoms with Crippen LogP contribution in [0.2, 0.25) is 10.0 Å². The number of carbonyl (C=O) groups excluding carboxylic acids is 2. The average molecular weight is 378 g/mol. The molecular weight excluding hydrogens is 361 g/mol. The minimum absolute atomic E-state index is 0.00922. The summed E-state index contributed by atoms with van der Waals surface area (Å²) >= 11 is 12.5. The first-order valence-corrected chi connectivity index (χ1v) is 8.62. The van der Waals surface area contributed by atoms with Gasteiger partial charge in [-0.25, -0.2) is 4.79 Å². The molecule has 1 heterocycles. The van der Waals surface area contributed by atoms with Gasteiger partial charge < -0.3 is 9.64 Å². The number of amides is 1. The van der Waals surface area contributed by atoms with Crippen molar-refractivity contribution >= 4 is 35.1 Å². The van der Waals surface area contributed by atoms with Crippen molar-refractivity contribution in [3.63, 3.8) is 0 Å². The number of fused-ring (bicyclic) bond motifs is 1. The topological polar surface area (TPSA) is 46.6 Å². The van der Waals surface area contributed by atoms with Crippen LogP contribution in [0.15, 0.2) is 36.4 Å². The van der Waals surface area contributed by atoms with E-state index >= 15 is 0 Å². The minimum Gasteiger partial charge on any atom is -0.465 e. The molecule has 3 rings (SSSR count). The number of rotatable bonds is 3. The lowest BCUT2D eigenvalue weighted by Crippen LogP contribution is -2.29. The lowest BCUT2D eigenvalue weighted by atomic mass is 10.1. The zero-order valence-corrected chi connectivity index (χ0v) is 15.4. The summed E-state index contributed by atoms with van der Waals surface area (Å²) < 4.78 is 4.71. The number of ether oxygens (including phenoxy) is 1. The fourth-order valence-corrected chi connectivity index (χ4v) is 3.74. The summed E-state index contributed by atoms with van der Waals surface area (Å²) in [6, 6.07) is 11.0. The quantitative estimate of drug-likeness (QED) is 0.743. The van der Waals surface area contributed by atoms with E-state index in [1.54, 1.807) is 11.0 Å². The fraction of sp³-hybridized carbons (Fsp3) is 0.263. The summed E-state index contributed by atoms with van der Waals surface area (Å²) in [5, 5.41) is 0.521. The van der Waals surface area contributed by atoms with Crippen LogP contribution in [-0.2, 0) is 22.5 Å². The molecular formula is C19H17Cl2NO3. The highest BCUT2D eigenvalue weighted by molar-refractivity contribution is 6.38. The van der Waals surface area contributed by atoms with Crippen molar-refractivity contribution in [2.75, 3.05) is 7.11 Å². The van der Waals surface area contributed by atoms with Gasteiger partial charge in [0.05, 0.1) is 30.2 Å². The molecule has 2 aromatic rings. The fourth-order valence-electron chi connectivity index (χ4n) is 3.16. The van der Waals surface area contributed by atoms with E-state index in [0.29, 0.717) is 17.1 Å². The summed E-state index contributed by atoms with van der Waals surface area (Å²) in [5.74, 6) is -0.646. The summed E-state index contributed by atoms with van der Waals surface area (Å²) in [7, 11) is 1.28. The van der Waals surface area contributed by atoms with Gasteiger partial charge in [0.25, 0.3) is 0 Å². The molecule has 1 amide bonds. The minimum atomic E-state index is -0.558. The number of halogens is 2. The van der Waals surface area contributed by atoms with E-state index in [1.165, 1.54) is 13.2 Å². The van der Waals surface area contributed by atoms with Crippen molar-refractivity contribution in [1.29, 1.82) is 0 Å². The third kappa shape index (κ3) is 3.24. The van der Waals surface area contributed by atoms with Gasteiger partial charge in [-0.2, -0.15) is 0 Å². The molecule has 0 radical (unpaired) electrons. The molecule has 25 heavy (non-hydrogen) atoms. The Morgan fingerprint density at radius 3 is 2.60 bits per heavy atom. The molecule has 0 aliphatic carbocycles. The monoisotopic (exact) mass is 377 g/mol. The van der Waals surface area contributed by atoms with E-state index in [1.807, 2.05) is 31.2 Å². The van der Waals surface area contributed by atoms with Gasteiger partial charge in [0.1, 0.15) is 0 Å². The number of carbonyl (C=O) groups is 2. The molecule has 1 unspecified atom stereocenters. The number of methoxy groups -OCH3 is 1. The Labute approximate surface area is 156 Å². The van der Waals surface area contributed by atoms with Crippen LogP contribution in [0.25, 0.3) is 0 Å². The molecule has 0 saturated carbocycles. The first kappa shape index (κ1) is 17.8. The molecule has 6 heteroatoms. The molecule has 0 aromatic heterocycles. The van der Waals surface area contributed by atoms with E-state index in [2.05, 4.69) is 0 Å². The van der Waals surface area contributed by atoms with Crippen molar-refractivity contribution in [3.8, 4) is 0 Å². The van der Waals surface area contributed by atoms with Crippen molar-refractivity contribution in [2.24, 2.45) is 0 Å². The van der Waals surface area contributed by atoms with Gasteiger partial charge in [0, 0.05) is 11.6 Å². The molecule has 0 N–H and O–H groups in total. The van der Waals surface area contributed by atoms with Crippen molar-refractivity contribution in [1.82, 2.24) is 4.90 Å². The number of hydrogen-bond acceptors (Lipinski definition) is 3. The van der Waals surface area contributed by atoms with Crippen LogP contribution in [0.3, 0.4) is 0 Å². The molecule has 1 aliphatic heterocycles. The van der Waals surface area contributed by atoms with Crippen LogP contribution in [0.1, 0.15) is 40.0 Å². The standard InChI is InChI=1S/C19H17Cl2NO3/c1-11-13-6-4-3-5-12(13)10-22(11)17(23)9-15-16(20)8-7-14(18(15)21)19(24)25-2/h3-8,11H,9-10H2,1-2H3. The summed E-state index contributed by atoms with van der Waals surface area (Å²) in [5.41, 5.74) is 2.94. The normalized spacial score (nSPS) is 15.8. The number of nitrogens with zero attached hydrogens (tertiary/aromatic N) is 1. The molecule has 4 nitrogen and oxygen atoms in total. The predicted octanol–water partition coefficient (Wildman–Crippen LogP) is 4.43. The Morgan fingerprint density at radius 2 is 1.92 bits per heavy atom. The van der Waals surface area contributed by atoms with Gasteiger partial charge in [-0.15, -0.1) is 0 Å². The molecule has 1 aliphatic rings. The largest absolute Gasteiger partial charge is 0.465 e. The van der Waals surface area contributed by atoms with Crippen LogP contribution >= 0.6 is 23.2 Å². The Kier molecular flexibility index (Phi) is 5.02. The second-order valence-corrected chi connectivity index (χ2v) is 6.74. The third-order valence-electron chi connectivity index (χ3n) is 4.55. The molecule has 1 atom stereocenters. The molecule has 130 valence electrons. The maximum absolute atomic E-state index is 12.8. The second-order valence-electron chi connectivity index (χ2n) is 5.95. The SMILES string of the molecule is COC(=O)c1ccc(Cl)c(CC(=O)N2Cc3ccccc3C2C)c1Cl. The summed E-state index contributed by atoms with van der Waals surface area (Å²) in [4.78, 5) is 26.4. The highest BCUT2D eigenvalue weighted by Gasteiger charge is 2.31. The predicted molar refractivity (Wildman–Crippen MR) is 96.9 cm³/mol. The molecule has 0 bridgehead atoms. The van der Waals surface area contributed by atoms with Crippen LogP contribution in [0.4, 0.5) is 0 Å². The van der Waals surface area contributed by atoms with E-state index in [0.717, 1.165) is 11.1 Å². The van der Waals surface area contributed by atoms with Gasteiger partial charge in [-0.1, -0.05) is 47.5 Å². The van der Waals surface area contributed by atoms with Gasteiger partial charge in [0.2, 0.25) is 5.91 Å². The van der Waals surface area contributed by atoms with E-state index in [-0.39, 0.29) is 29.0 Å². The summed E-state index contributed by atoms with van der Waals surface area (Å²) in [6.07, 6.45) is 0.0286. The maximum Gasteiger partial charge on any atom is 0.339 e. The van der Waals surface area contributed by atoms with Gasteiger partial charge in [-0.05, 0) is 35.7 Å².